The third-order valence-corrected chi connectivity index (χ3v) is 7.05. The van der Waals surface area contributed by atoms with E-state index < -0.39 is 10.0 Å². The van der Waals surface area contributed by atoms with Crippen molar-refractivity contribution in [1.82, 2.24) is 4.31 Å². The number of aliphatic hydroxyl groups is 1. The van der Waals surface area contributed by atoms with Crippen LogP contribution in [0.1, 0.15) is 64.2 Å². The molecule has 0 aromatic rings. The topological polar surface area (TPSA) is 57.6 Å². The minimum atomic E-state index is -3.21. The summed E-state index contributed by atoms with van der Waals surface area (Å²) in [4.78, 5) is 0. The van der Waals surface area contributed by atoms with Crippen LogP contribution in [0.3, 0.4) is 0 Å². The monoisotopic (exact) mass is 289 g/mol. The molecule has 0 amide bonds. The van der Waals surface area contributed by atoms with Crippen LogP contribution in [-0.2, 0) is 10.0 Å². The maximum Gasteiger partial charge on any atom is 0.217 e. The lowest BCUT2D eigenvalue weighted by atomic mass is 9.95. The Morgan fingerprint density at radius 3 is 1.95 bits per heavy atom. The molecule has 2 fully saturated rings. The molecular formula is C14H27NO3S. The molecule has 0 aromatic heterocycles. The predicted molar refractivity (Wildman–Crippen MR) is 76.5 cm³/mol. The Balaban J connectivity index is 2.11. The van der Waals surface area contributed by atoms with Crippen molar-refractivity contribution in [2.45, 2.75) is 75.5 Å². The minimum absolute atomic E-state index is 0.0670. The summed E-state index contributed by atoms with van der Waals surface area (Å²) in [5.74, 6) is 0. The standard InChI is InChI=1S/C14H27NO3S/c16-12-11-15(13-7-3-1-4-8-13)19(17,18)14-9-5-2-6-10-14/h13-14,16H,1-12H2. The summed E-state index contributed by atoms with van der Waals surface area (Å²) in [5.41, 5.74) is 0. The smallest absolute Gasteiger partial charge is 0.217 e. The zero-order valence-corrected chi connectivity index (χ0v) is 12.6. The molecule has 0 spiro atoms. The van der Waals surface area contributed by atoms with E-state index >= 15 is 0 Å². The number of hydrogen-bond acceptors (Lipinski definition) is 3. The van der Waals surface area contributed by atoms with Gasteiger partial charge >= 0.3 is 0 Å². The SMILES string of the molecule is O=S(=O)(C1CCCCC1)N(CCO)C1CCCCC1. The van der Waals surface area contributed by atoms with Gasteiger partial charge in [-0.3, -0.25) is 0 Å². The summed E-state index contributed by atoms with van der Waals surface area (Å²) in [6, 6.07) is 0.132. The lowest BCUT2D eigenvalue weighted by Gasteiger charge is -2.36. The second kappa shape index (κ2) is 7.04. The van der Waals surface area contributed by atoms with E-state index in [4.69, 9.17) is 0 Å². The summed E-state index contributed by atoms with van der Waals surface area (Å²) in [6.07, 6.45) is 10.2. The van der Waals surface area contributed by atoms with Crippen molar-refractivity contribution in [2.75, 3.05) is 13.2 Å². The third kappa shape index (κ3) is 3.70. The molecule has 1 N–H and O–H groups in total. The lowest BCUT2D eigenvalue weighted by Crippen LogP contribution is -2.47. The van der Waals surface area contributed by atoms with Crippen molar-refractivity contribution >= 4 is 10.0 Å². The Kier molecular flexibility index (Phi) is 5.66. The first-order valence-corrected chi connectivity index (χ1v) is 9.28. The van der Waals surface area contributed by atoms with Crippen LogP contribution in [-0.4, -0.2) is 42.3 Å². The van der Waals surface area contributed by atoms with Gasteiger partial charge in [0, 0.05) is 12.6 Å². The number of aliphatic hydroxyl groups excluding tert-OH is 1. The fraction of sp³-hybridized carbons (Fsp3) is 1.00. The van der Waals surface area contributed by atoms with Crippen LogP contribution in [0.4, 0.5) is 0 Å². The minimum Gasteiger partial charge on any atom is -0.395 e. The molecule has 2 aliphatic rings. The molecule has 19 heavy (non-hydrogen) atoms. The first-order valence-electron chi connectivity index (χ1n) is 7.78. The van der Waals surface area contributed by atoms with E-state index in [1.54, 1.807) is 4.31 Å². The fourth-order valence-electron chi connectivity index (χ4n) is 3.54. The Morgan fingerprint density at radius 2 is 1.42 bits per heavy atom. The summed E-state index contributed by atoms with van der Waals surface area (Å²) >= 11 is 0. The number of nitrogens with zero attached hydrogens (tertiary/aromatic N) is 1. The first-order chi connectivity index (χ1) is 9.16. The van der Waals surface area contributed by atoms with Crippen LogP contribution in [0.2, 0.25) is 0 Å². The van der Waals surface area contributed by atoms with E-state index in [0.717, 1.165) is 57.8 Å². The fourth-order valence-corrected chi connectivity index (χ4v) is 5.81. The summed E-state index contributed by atoms with van der Waals surface area (Å²) in [5, 5.41) is 9.02. The maximum atomic E-state index is 12.8. The van der Waals surface area contributed by atoms with E-state index in [0.29, 0.717) is 0 Å². The average molecular weight is 289 g/mol. The van der Waals surface area contributed by atoms with E-state index in [2.05, 4.69) is 0 Å². The van der Waals surface area contributed by atoms with Gasteiger partial charge in [-0.05, 0) is 25.7 Å². The van der Waals surface area contributed by atoms with E-state index in [-0.39, 0.29) is 24.4 Å². The van der Waals surface area contributed by atoms with Gasteiger partial charge in [-0.2, -0.15) is 4.31 Å². The van der Waals surface area contributed by atoms with Crippen LogP contribution < -0.4 is 0 Å². The lowest BCUT2D eigenvalue weighted by molar-refractivity contribution is 0.197. The van der Waals surface area contributed by atoms with Crippen LogP contribution in [0.25, 0.3) is 0 Å². The van der Waals surface area contributed by atoms with Gasteiger partial charge in [0.25, 0.3) is 0 Å². The van der Waals surface area contributed by atoms with Crippen molar-refractivity contribution in [3.63, 3.8) is 0 Å². The Labute approximate surface area is 117 Å². The van der Waals surface area contributed by atoms with Gasteiger partial charge in [-0.1, -0.05) is 38.5 Å². The molecule has 4 nitrogen and oxygen atoms in total. The zero-order chi connectivity index (χ0) is 13.7. The molecule has 0 unspecified atom stereocenters. The predicted octanol–water partition coefficient (Wildman–Crippen LogP) is 2.28. The van der Waals surface area contributed by atoms with Crippen LogP contribution in [0, 0.1) is 0 Å². The van der Waals surface area contributed by atoms with E-state index in [1.807, 2.05) is 0 Å². The van der Waals surface area contributed by atoms with Gasteiger partial charge in [-0.25, -0.2) is 8.42 Å². The Bertz CT molecular complexity index is 357. The average Bonchev–Trinajstić information content (AvgIpc) is 2.46. The molecule has 0 heterocycles. The second-order valence-electron chi connectivity index (χ2n) is 5.93. The van der Waals surface area contributed by atoms with E-state index in [1.165, 1.54) is 6.42 Å². The Morgan fingerprint density at radius 1 is 0.895 bits per heavy atom. The van der Waals surface area contributed by atoms with Gasteiger partial charge in [0.2, 0.25) is 10.0 Å². The van der Waals surface area contributed by atoms with Gasteiger partial charge in [0.05, 0.1) is 11.9 Å². The van der Waals surface area contributed by atoms with Gasteiger partial charge in [0.1, 0.15) is 0 Å². The highest BCUT2D eigenvalue weighted by molar-refractivity contribution is 7.89. The number of sulfonamides is 1. The highest BCUT2D eigenvalue weighted by Crippen LogP contribution is 2.31. The van der Waals surface area contributed by atoms with Crippen molar-refractivity contribution < 1.29 is 13.5 Å². The quantitative estimate of drug-likeness (QED) is 0.844. The van der Waals surface area contributed by atoms with Crippen LogP contribution >= 0.6 is 0 Å². The molecule has 0 aliphatic heterocycles. The largest absolute Gasteiger partial charge is 0.395 e. The summed E-state index contributed by atoms with van der Waals surface area (Å²) in [7, 11) is -3.21. The molecule has 112 valence electrons. The van der Waals surface area contributed by atoms with Crippen LogP contribution in [0.15, 0.2) is 0 Å². The van der Waals surface area contributed by atoms with Crippen molar-refractivity contribution in [2.24, 2.45) is 0 Å². The normalized spacial score (nSPS) is 23.9. The molecule has 2 saturated carbocycles. The second-order valence-corrected chi connectivity index (χ2v) is 8.10. The van der Waals surface area contributed by atoms with Gasteiger partial charge < -0.3 is 5.11 Å². The summed E-state index contributed by atoms with van der Waals surface area (Å²) in [6.45, 7) is 0.214. The molecule has 0 bridgehead atoms. The first kappa shape index (κ1) is 15.3. The molecule has 0 saturated heterocycles. The molecule has 5 heteroatoms. The number of rotatable bonds is 5. The molecule has 2 aliphatic carbocycles. The number of hydrogen-bond donors (Lipinski definition) is 1. The molecular weight excluding hydrogens is 262 g/mol. The Hall–Kier alpha value is -0.130. The van der Waals surface area contributed by atoms with Crippen molar-refractivity contribution in [1.29, 1.82) is 0 Å². The van der Waals surface area contributed by atoms with Gasteiger partial charge in [-0.15, -0.1) is 0 Å². The molecule has 0 aromatic carbocycles. The van der Waals surface area contributed by atoms with Crippen LogP contribution in [0.5, 0.6) is 0 Å². The molecule has 0 radical (unpaired) electrons. The molecule has 2 rings (SSSR count). The highest BCUT2D eigenvalue weighted by atomic mass is 32.2. The van der Waals surface area contributed by atoms with E-state index in [9.17, 15) is 13.5 Å². The zero-order valence-electron chi connectivity index (χ0n) is 11.8. The highest BCUT2D eigenvalue weighted by Gasteiger charge is 2.36. The maximum absolute atomic E-state index is 12.8. The summed E-state index contributed by atoms with van der Waals surface area (Å²) < 4.78 is 27.2. The third-order valence-electron chi connectivity index (χ3n) is 4.60. The van der Waals surface area contributed by atoms with Crippen molar-refractivity contribution in [3.05, 3.63) is 0 Å². The van der Waals surface area contributed by atoms with Crippen molar-refractivity contribution in [3.8, 4) is 0 Å². The van der Waals surface area contributed by atoms with Gasteiger partial charge in [0.15, 0.2) is 0 Å². The molecule has 0 atom stereocenters.